The van der Waals surface area contributed by atoms with Gasteiger partial charge in [-0.05, 0) is 19.8 Å². The Morgan fingerprint density at radius 2 is 2.12 bits per heavy atom. The van der Waals surface area contributed by atoms with Gasteiger partial charge in [0.15, 0.2) is 0 Å². The van der Waals surface area contributed by atoms with E-state index in [1.165, 1.54) is 12.8 Å². The van der Waals surface area contributed by atoms with E-state index >= 15 is 0 Å². The molecule has 1 aliphatic carbocycles. The molecule has 4 nitrogen and oxygen atoms in total. The molecule has 0 bridgehead atoms. The topological polar surface area (TPSA) is 49.4 Å². The van der Waals surface area contributed by atoms with Gasteiger partial charge in [-0.1, -0.05) is 12.8 Å². The lowest BCUT2D eigenvalue weighted by Crippen LogP contribution is -2.36. The van der Waals surface area contributed by atoms with Gasteiger partial charge < -0.3 is 10.2 Å². The van der Waals surface area contributed by atoms with E-state index in [1.54, 1.807) is 0 Å². The molecule has 4 heteroatoms. The Hall–Kier alpha value is -1.06. The number of amides is 2. The lowest BCUT2D eigenvalue weighted by molar-refractivity contribution is -0.130. The highest BCUT2D eigenvalue weighted by atomic mass is 16.2. The molecule has 2 fully saturated rings. The Balaban J connectivity index is 1.93. The summed E-state index contributed by atoms with van der Waals surface area (Å²) in [6.07, 6.45) is 5.09. The lowest BCUT2D eigenvalue weighted by Gasteiger charge is -2.23. The fourth-order valence-electron chi connectivity index (χ4n) is 2.79. The maximum Gasteiger partial charge on any atom is 0.225 e. The smallest absolute Gasteiger partial charge is 0.225 e. The average Bonchev–Trinajstić information content (AvgIpc) is 2.86. The molecule has 0 aromatic carbocycles. The second-order valence-electron chi connectivity index (χ2n) is 4.78. The van der Waals surface area contributed by atoms with Crippen molar-refractivity contribution < 1.29 is 9.59 Å². The zero-order valence-electron chi connectivity index (χ0n) is 9.87. The normalized spacial score (nSPS) is 26.4. The van der Waals surface area contributed by atoms with Crippen LogP contribution in [0.5, 0.6) is 0 Å². The van der Waals surface area contributed by atoms with Gasteiger partial charge in [0.1, 0.15) is 0 Å². The minimum atomic E-state index is -0.118. The van der Waals surface area contributed by atoms with Crippen LogP contribution >= 0.6 is 0 Å². The number of rotatable bonds is 3. The van der Waals surface area contributed by atoms with Crippen molar-refractivity contribution in [3.8, 4) is 0 Å². The van der Waals surface area contributed by atoms with E-state index in [4.69, 9.17) is 0 Å². The molecule has 0 unspecified atom stereocenters. The Morgan fingerprint density at radius 3 is 2.75 bits per heavy atom. The van der Waals surface area contributed by atoms with Gasteiger partial charge in [0.25, 0.3) is 0 Å². The van der Waals surface area contributed by atoms with Crippen molar-refractivity contribution in [2.24, 2.45) is 5.92 Å². The van der Waals surface area contributed by atoms with Crippen molar-refractivity contribution in [3.05, 3.63) is 0 Å². The van der Waals surface area contributed by atoms with Crippen LogP contribution in [0.3, 0.4) is 0 Å². The molecule has 2 rings (SSSR count). The fraction of sp³-hybridized carbons (Fsp3) is 0.833. The molecule has 0 radical (unpaired) electrons. The van der Waals surface area contributed by atoms with Crippen LogP contribution < -0.4 is 5.32 Å². The standard InChI is InChI=1S/C12H20N2O2/c1-2-13-12(16)9-7-11(15)14(8-9)10-5-3-4-6-10/h9-10H,2-8H2,1H3,(H,13,16)/t9-/m0/s1. The Kier molecular flexibility index (Phi) is 3.46. The summed E-state index contributed by atoms with van der Waals surface area (Å²) in [5.41, 5.74) is 0. The number of carbonyl (C=O) groups excluding carboxylic acids is 2. The van der Waals surface area contributed by atoms with Crippen molar-refractivity contribution in [2.75, 3.05) is 13.1 Å². The van der Waals surface area contributed by atoms with Crippen molar-refractivity contribution >= 4 is 11.8 Å². The summed E-state index contributed by atoms with van der Waals surface area (Å²) < 4.78 is 0. The van der Waals surface area contributed by atoms with E-state index in [0.29, 0.717) is 25.6 Å². The minimum absolute atomic E-state index is 0.0383. The summed E-state index contributed by atoms with van der Waals surface area (Å²) in [6, 6.07) is 0.409. The lowest BCUT2D eigenvalue weighted by atomic mass is 10.1. The van der Waals surface area contributed by atoms with Gasteiger partial charge in [-0.15, -0.1) is 0 Å². The first kappa shape index (κ1) is 11.4. The average molecular weight is 224 g/mol. The third-order valence-electron chi connectivity index (χ3n) is 3.65. The van der Waals surface area contributed by atoms with Crippen molar-refractivity contribution in [1.82, 2.24) is 10.2 Å². The maximum absolute atomic E-state index is 11.8. The molecule has 1 N–H and O–H groups in total. The zero-order valence-corrected chi connectivity index (χ0v) is 9.87. The van der Waals surface area contributed by atoms with Crippen molar-refractivity contribution in [2.45, 2.75) is 45.1 Å². The summed E-state index contributed by atoms with van der Waals surface area (Å²) in [6.45, 7) is 3.19. The van der Waals surface area contributed by atoms with Gasteiger partial charge in [-0.3, -0.25) is 9.59 Å². The zero-order chi connectivity index (χ0) is 11.5. The summed E-state index contributed by atoms with van der Waals surface area (Å²) in [5, 5.41) is 2.80. The van der Waals surface area contributed by atoms with Crippen LogP contribution in [-0.4, -0.2) is 35.8 Å². The van der Waals surface area contributed by atoms with Crippen molar-refractivity contribution in [3.63, 3.8) is 0 Å². The van der Waals surface area contributed by atoms with Gasteiger partial charge in [0.2, 0.25) is 11.8 Å². The summed E-state index contributed by atoms with van der Waals surface area (Å²) in [7, 11) is 0. The molecular weight excluding hydrogens is 204 g/mol. The van der Waals surface area contributed by atoms with Crippen LogP contribution in [0.2, 0.25) is 0 Å². The molecule has 1 heterocycles. The molecule has 0 aromatic heterocycles. The molecule has 1 atom stereocenters. The molecule has 1 aliphatic heterocycles. The highest BCUT2D eigenvalue weighted by Gasteiger charge is 2.38. The number of hydrogen-bond acceptors (Lipinski definition) is 2. The molecular formula is C12H20N2O2. The van der Waals surface area contributed by atoms with Gasteiger partial charge in [-0.2, -0.15) is 0 Å². The SMILES string of the molecule is CCNC(=O)[C@H]1CC(=O)N(C2CCCC2)C1. The third-order valence-corrected chi connectivity index (χ3v) is 3.65. The van der Waals surface area contributed by atoms with E-state index in [0.717, 1.165) is 12.8 Å². The second kappa shape index (κ2) is 4.85. The molecule has 90 valence electrons. The minimum Gasteiger partial charge on any atom is -0.356 e. The monoisotopic (exact) mass is 224 g/mol. The molecule has 0 spiro atoms. The molecule has 1 saturated carbocycles. The molecule has 16 heavy (non-hydrogen) atoms. The second-order valence-corrected chi connectivity index (χ2v) is 4.78. The highest BCUT2D eigenvalue weighted by molar-refractivity contribution is 5.89. The van der Waals surface area contributed by atoms with Gasteiger partial charge >= 0.3 is 0 Å². The quantitative estimate of drug-likeness (QED) is 0.774. The van der Waals surface area contributed by atoms with E-state index in [-0.39, 0.29) is 17.7 Å². The summed E-state index contributed by atoms with van der Waals surface area (Å²) in [5.74, 6) is 0.0903. The number of hydrogen-bond donors (Lipinski definition) is 1. The molecule has 2 amide bonds. The predicted molar refractivity (Wildman–Crippen MR) is 60.8 cm³/mol. The third kappa shape index (κ3) is 2.20. The van der Waals surface area contributed by atoms with Crippen LogP contribution in [0.4, 0.5) is 0 Å². The van der Waals surface area contributed by atoms with Gasteiger partial charge in [-0.25, -0.2) is 0 Å². The van der Waals surface area contributed by atoms with Crippen LogP contribution in [0.15, 0.2) is 0 Å². The molecule has 0 aromatic rings. The predicted octanol–water partition coefficient (Wildman–Crippen LogP) is 0.914. The van der Waals surface area contributed by atoms with Crippen LogP contribution in [-0.2, 0) is 9.59 Å². The first-order valence-electron chi connectivity index (χ1n) is 6.29. The van der Waals surface area contributed by atoms with Crippen LogP contribution in [0.25, 0.3) is 0 Å². The van der Waals surface area contributed by atoms with Gasteiger partial charge in [0.05, 0.1) is 5.92 Å². The molecule has 2 aliphatic rings. The Bertz CT molecular complexity index is 285. The van der Waals surface area contributed by atoms with Crippen LogP contribution in [0.1, 0.15) is 39.0 Å². The maximum atomic E-state index is 11.8. The van der Waals surface area contributed by atoms with E-state index in [9.17, 15) is 9.59 Å². The summed E-state index contributed by atoms with van der Waals surface area (Å²) in [4.78, 5) is 25.4. The van der Waals surface area contributed by atoms with Gasteiger partial charge in [0, 0.05) is 25.6 Å². The van der Waals surface area contributed by atoms with Crippen molar-refractivity contribution in [1.29, 1.82) is 0 Å². The Morgan fingerprint density at radius 1 is 1.44 bits per heavy atom. The largest absolute Gasteiger partial charge is 0.356 e. The highest BCUT2D eigenvalue weighted by Crippen LogP contribution is 2.29. The van der Waals surface area contributed by atoms with E-state index in [2.05, 4.69) is 5.32 Å². The number of nitrogens with one attached hydrogen (secondary N) is 1. The summed E-state index contributed by atoms with van der Waals surface area (Å²) >= 11 is 0. The number of nitrogens with zero attached hydrogens (tertiary/aromatic N) is 1. The number of likely N-dealkylation sites (tertiary alicyclic amines) is 1. The number of carbonyl (C=O) groups is 2. The van der Waals surface area contributed by atoms with E-state index in [1.807, 2.05) is 11.8 Å². The Labute approximate surface area is 96.4 Å². The first-order chi connectivity index (χ1) is 7.72. The van der Waals surface area contributed by atoms with Crippen LogP contribution in [0, 0.1) is 5.92 Å². The van der Waals surface area contributed by atoms with E-state index < -0.39 is 0 Å². The fourth-order valence-corrected chi connectivity index (χ4v) is 2.79. The molecule has 1 saturated heterocycles. The first-order valence-corrected chi connectivity index (χ1v) is 6.29.